The van der Waals surface area contributed by atoms with Gasteiger partial charge < -0.3 is 9.47 Å². The van der Waals surface area contributed by atoms with Crippen LogP contribution in [0.2, 0.25) is 0 Å². The number of aromatic nitrogens is 1. The van der Waals surface area contributed by atoms with Crippen molar-refractivity contribution in [3.05, 3.63) is 84.2 Å². The Morgan fingerprint density at radius 1 is 1.03 bits per heavy atom. The van der Waals surface area contributed by atoms with E-state index in [1.165, 1.54) is 23.5 Å². The number of fused-ring (bicyclic) bond motifs is 1. The number of hydrogen-bond donors (Lipinski definition) is 0. The zero-order chi connectivity index (χ0) is 21.6. The molecule has 0 spiro atoms. The van der Waals surface area contributed by atoms with Gasteiger partial charge in [-0.2, -0.15) is 0 Å². The average molecular weight is 437 g/mol. The van der Waals surface area contributed by atoms with Crippen LogP contribution in [0.3, 0.4) is 0 Å². The zero-order valence-corrected chi connectivity index (χ0v) is 17.8. The zero-order valence-electron chi connectivity index (χ0n) is 17.0. The Bertz CT molecular complexity index is 1180. The van der Waals surface area contributed by atoms with Crippen LogP contribution in [0.15, 0.2) is 72.8 Å². The lowest BCUT2D eigenvalue weighted by Gasteiger charge is -2.20. The monoisotopic (exact) mass is 436 g/mol. The number of carbonyl (C=O) groups excluding carboxylic acids is 1. The van der Waals surface area contributed by atoms with E-state index in [0.717, 1.165) is 21.5 Å². The van der Waals surface area contributed by atoms with Crippen LogP contribution >= 0.6 is 11.3 Å². The maximum absolute atomic E-state index is 13.9. The summed E-state index contributed by atoms with van der Waals surface area (Å²) in [7, 11) is 0. The Balaban J connectivity index is 1.61. The maximum Gasteiger partial charge on any atom is 0.267 e. The normalized spacial score (nSPS) is 10.8. The minimum absolute atomic E-state index is 0.0427. The lowest BCUT2D eigenvalue weighted by molar-refractivity contribution is -0.120. The topological polar surface area (TPSA) is 51.7 Å². The number of benzene rings is 3. The molecule has 4 rings (SSSR count). The van der Waals surface area contributed by atoms with Crippen molar-refractivity contribution in [1.29, 1.82) is 0 Å². The average Bonchev–Trinajstić information content (AvgIpc) is 3.21. The van der Waals surface area contributed by atoms with Crippen molar-refractivity contribution in [2.45, 2.75) is 13.5 Å². The minimum atomic E-state index is -0.506. The molecule has 5 nitrogen and oxygen atoms in total. The minimum Gasteiger partial charge on any atom is -0.494 e. The number of amides is 1. The smallest absolute Gasteiger partial charge is 0.267 e. The molecule has 0 aliphatic carbocycles. The summed E-state index contributed by atoms with van der Waals surface area (Å²) in [4.78, 5) is 19.3. The van der Waals surface area contributed by atoms with Gasteiger partial charge in [-0.1, -0.05) is 53.8 Å². The second-order valence-electron chi connectivity index (χ2n) is 6.74. The fourth-order valence-corrected chi connectivity index (χ4v) is 4.08. The van der Waals surface area contributed by atoms with E-state index in [4.69, 9.17) is 9.47 Å². The number of hydrogen-bond acceptors (Lipinski definition) is 5. The van der Waals surface area contributed by atoms with Crippen LogP contribution in [-0.2, 0) is 11.3 Å². The van der Waals surface area contributed by atoms with Gasteiger partial charge in [-0.25, -0.2) is 9.37 Å². The van der Waals surface area contributed by atoms with Gasteiger partial charge in [0.05, 0.1) is 23.4 Å². The first-order chi connectivity index (χ1) is 15.1. The van der Waals surface area contributed by atoms with Crippen LogP contribution < -0.4 is 14.4 Å². The molecule has 0 saturated heterocycles. The van der Waals surface area contributed by atoms with Crippen LogP contribution in [0.4, 0.5) is 9.52 Å². The summed E-state index contributed by atoms with van der Waals surface area (Å²) >= 11 is 1.40. The van der Waals surface area contributed by atoms with E-state index in [9.17, 15) is 9.18 Å². The molecule has 1 aromatic heterocycles. The van der Waals surface area contributed by atoms with E-state index in [2.05, 4.69) is 4.98 Å². The molecule has 0 aliphatic rings. The van der Waals surface area contributed by atoms with Crippen LogP contribution in [-0.4, -0.2) is 24.1 Å². The van der Waals surface area contributed by atoms with Crippen LogP contribution in [0.25, 0.3) is 10.2 Å². The lowest BCUT2D eigenvalue weighted by Crippen LogP contribution is -2.34. The molecule has 31 heavy (non-hydrogen) atoms. The molecule has 0 bridgehead atoms. The summed E-state index contributed by atoms with van der Waals surface area (Å²) in [6, 6.07) is 21.3. The van der Waals surface area contributed by atoms with Gasteiger partial charge in [-0.05, 0) is 42.8 Å². The number of carbonyl (C=O) groups is 1. The van der Waals surface area contributed by atoms with Gasteiger partial charge in [-0.3, -0.25) is 9.69 Å². The SMILES string of the molecule is CCOc1ccc2nc(N(Cc3ccccc3)C(=O)COc3ccccc3F)sc2c1. The van der Waals surface area contributed by atoms with E-state index in [1.807, 2.05) is 55.5 Å². The summed E-state index contributed by atoms with van der Waals surface area (Å²) in [5.74, 6) is -0.0141. The number of nitrogens with zero attached hydrogens (tertiary/aromatic N) is 2. The number of halogens is 1. The highest BCUT2D eigenvalue weighted by atomic mass is 32.1. The van der Waals surface area contributed by atoms with Gasteiger partial charge in [0, 0.05) is 0 Å². The molecule has 0 aliphatic heterocycles. The summed E-state index contributed by atoms with van der Waals surface area (Å²) in [5, 5.41) is 0.551. The van der Waals surface area contributed by atoms with Crippen molar-refractivity contribution in [1.82, 2.24) is 4.98 Å². The molecule has 158 valence electrons. The summed E-state index contributed by atoms with van der Waals surface area (Å²) in [6.45, 7) is 2.54. The quantitative estimate of drug-likeness (QED) is 0.369. The van der Waals surface area contributed by atoms with Gasteiger partial charge in [0.2, 0.25) is 0 Å². The molecule has 0 fully saturated rings. The molecule has 3 aromatic carbocycles. The molecule has 0 N–H and O–H groups in total. The third-order valence-corrected chi connectivity index (χ3v) is 5.60. The van der Waals surface area contributed by atoms with Gasteiger partial charge in [0.15, 0.2) is 23.3 Å². The van der Waals surface area contributed by atoms with Crippen LogP contribution in [0.5, 0.6) is 11.5 Å². The standard InChI is InChI=1S/C24H21FN2O3S/c1-2-29-18-12-13-20-22(14-18)31-24(26-20)27(15-17-8-4-3-5-9-17)23(28)16-30-21-11-7-6-10-19(21)25/h3-14H,2,15-16H2,1H3. The molecule has 0 unspecified atom stereocenters. The highest BCUT2D eigenvalue weighted by Gasteiger charge is 2.21. The van der Waals surface area contributed by atoms with E-state index in [1.54, 1.807) is 17.0 Å². The summed E-state index contributed by atoms with van der Waals surface area (Å²) in [5.41, 5.74) is 1.74. The molecule has 0 saturated carbocycles. The Morgan fingerprint density at radius 2 is 1.81 bits per heavy atom. The number of ether oxygens (including phenoxy) is 2. The van der Waals surface area contributed by atoms with Crippen molar-refractivity contribution in [3.8, 4) is 11.5 Å². The number of anilines is 1. The van der Waals surface area contributed by atoms with Crippen molar-refractivity contribution < 1.29 is 18.7 Å². The molecule has 0 radical (unpaired) electrons. The molecule has 4 aromatic rings. The Hall–Kier alpha value is -3.45. The summed E-state index contributed by atoms with van der Waals surface area (Å²) in [6.07, 6.45) is 0. The number of rotatable bonds is 8. The van der Waals surface area contributed by atoms with Gasteiger partial charge in [-0.15, -0.1) is 0 Å². The predicted molar refractivity (Wildman–Crippen MR) is 120 cm³/mol. The first kappa shape index (κ1) is 20.8. The highest BCUT2D eigenvalue weighted by molar-refractivity contribution is 7.22. The van der Waals surface area contributed by atoms with Crippen molar-refractivity contribution >= 4 is 32.6 Å². The second-order valence-corrected chi connectivity index (χ2v) is 7.75. The molecule has 1 heterocycles. The number of para-hydroxylation sites is 1. The Labute approximate surface area is 183 Å². The molecular weight excluding hydrogens is 415 g/mol. The third kappa shape index (κ3) is 5.00. The Kier molecular flexibility index (Phi) is 6.43. The lowest BCUT2D eigenvalue weighted by atomic mass is 10.2. The van der Waals surface area contributed by atoms with Crippen molar-refractivity contribution in [3.63, 3.8) is 0 Å². The molecular formula is C24H21FN2O3S. The third-order valence-electron chi connectivity index (χ3n) is 4.56. The fourth-order valence-electron chi connectivity index (χ4n) is 3.07. The van der Waals surface area contributed by atoms with Crippen LogP contribution in [0, 0.1) is 5.82 Å². The maximum atomic E-state index is 13.9. The molecule has 1 amide bonds. The van der Waals surface area contributed by atoms with E-state index in [-0.39, 0.29) is 18.3 Å². The van der Waals surface area contributed by atoms with E-state index < -0.39 is 5.82 Å². The second kappa shape index (κ2) is 9.57. The number of thiazole rings is 1. The van der Waals surface area contributed by atoms with E-state index in [0.29, 0.717) is 18.3 Å². The predicted octanol–water partition coefficient (Wildman–Crippen LogP) is 5.45. The fraction of sp³-hybridized carbons (Fsp3) is 0.167. The van der Waals surface area contributed by atoms with Crippen molar-refractivity contribution in [2.75, 3.05) is 18.1 Å². The molecule has 7 heteroatoms. The van der Waals surface area contributed by atoms with Gasteiger partial charge >= 0.3 is 0 Å². The largest absolute Gasteiger partial charge is 0.494 e. The van der Waals surface area contributed by atoms with Crippen LogP contribution in [0.1, 0.15) is 12.5 Å². The van der Waals surface area contributed by atoms with Gasteiger partial charge in [0.1, 0.15) is 5.75 Å². The first-order valence-corrected chi connectivity index (χ1v) is 10.7. The van der Waals surface area contributed by atoms with E-state index >= 15 is 0 Å². The highest BCUT2D eigenvalue weighted by Crippen LogP contribution is 2.32. The Morgan fingerprint density at radius 3 is 2.58 bits per heavy atom. The van der Waals surface area contributed by atoms with Crippen molar-refractivity contribution in [2.24, 2.45) is 0 Å². The summed E-state index contributed by atoms with van der Waals surface area (Å²) < 4.78 is 25.8. The molecule has 0 atom stereocenters. The van der Waals surface area contributed by atoms with Gasteiger partial charge in [0.25, 0.3) is 5.91 Å². The first-order valence-electron chi connectivity index (χ1n) is 9.89.